The van der Waals surface area contributed by atoms with Gasteiger partial charge in [-0.1, -0.05) is 17.7 Å². The Labute approximate surface area is 118 Å². The van der Waals surface area contributed by atoms with Gasteiger partial charge in [-0.3, -0.25) is 9.48 Å². The fourth-order valence-corrected chi connectivity index (χ4v) is 2.59. The van der Waals surface area contributed by atoms with Crippen LogP contribution in [0.1, 0.15) is 17.7 Å². The standard InChI is InChI=1S/C15H18N2OS/c1-12-3-7-15(8-4-12)19-11-14(18)6-5-13-9-10-16-17(13)2/h3-4,7-10H,5-6,11H2,1-2H3. The molecule has 4 heteroatoms. The van der Waals surface area contributed by atoms with E-state index >= 15 is 0 Å². The maximum atomic E-state index is 11.8. The average Bonchev–Trinajstić information content (AvgIpc) is 2.81. The van der Waals surface area contributed by atoms with Gasteiger partial charge >= 0.3 is 0 Å². The fraction of sp³-hybridized carbons (Fsp3) is 0.333. The van der Waals surface area contributed by atoms with E-state index in [0.29, 0.717) is 12.2 Å². The zero-order valence-corrected chi connectivity index (χ0v) is 12.1. The van der Waals surface area contributed by atoms with Crippen molar-refractivity contribution in [2.24, 2.45) is 7.05 Å². The van der Waals surface area contributed by atoms with Crippen molar-refractivity contribution in [1.82, 2.24) is 9.78 Å². The Kier molecular flexibility index (Phi) is 4.80. The molecular weight excluding hydrogens is 256 g/mol. The van der Waals surface area contributed by atoms with Crippen LogP contribution in [0.25, 0.3) is 0 Å². The van der Waals surface area contributed by atoms with Crippen LogP contribution in [0, 0.1) is 6.92 Å². The molecule has 2 rings (SSSR count). The van der Waals surface area contributed by atoms with Gasteiger partial charge in [-0.15, -0.1) is 11.8 Å². The first kappa shape index (κ1) is 13.9. The van der Waals surface area contributed by atoms with Gasteiger partial charge in [0.05, 0.1) is 5.75 Å². The Morgan fingerprint density at radius 3 is 2.63 bits per heavy atom. The predicted molar refractivity (Wildman–Crippen MR) is 78.4 cm³/mol. The second kappa shape index (κ2) is 6.57. The highest BCUT2D eigenvalue weighted by molar-refractivity contribution is 8.00. The number of hydrogen-bond donors (Lipinski definition) is 0. The molecule has 0 bridgehead atoms. The van der Waals surface area contributed by atoms with Gasteiger partial charge in [-0.25, -0.2) is 0 Å². The van der Waals surface area contributed by atoms with Crippen molar-refractivity contribution < 1.29 is 4.79 Å². The number of aryl methyl sites for hydroxylation is 3. The predicted octanol–water partition coefficient (Wildman–Crippen LogP) is 3.02. The normalized spacial score (nSPS) is 10.6. The summed E-state index contributed by atoms with van der Waals surface area (Å²) in [5.74, 6) is 0.827. The van der Waals surface area contributed by atoms with Crippen LogP contribution < -0.4 is 0 Å². The van der Waals surface area contributed by atoms with E-state index < -0.39 is 0 Å². The van der Waals surface area contributed by atoms with Crippen LogP contribution in [0.15, 0.2) is 41.4 Å². The quantitative estimate of drug-likeness (QED) is 0.759. The first-order valence-electron chi connectivity index (χ1n) is 6.33. The highest BCUT2D eigenvalue weighted by Gasteiger charge is 2.06. The molecule has 0 aliphatic carbocycles. The van der Waals surface area contributed by atoms with Crippen molar-refractivity contribution in [2.45, 2.75) is 24.7 Å². The number of nitrogens with zero attached hydrogens (tertiary/aromatic N) is 2. The molecule has 0 amide bonds. The smallest absolute Gasteiger partial charge is 0.143 e. The van der Waals surface area contributed by atoms with Crippen molar-refractivity contribution >= 4 is 17.5 Å². The lowest BCUT2D eigenvalue weighted by atomic mass is 10.2. The lowest BCUT2D eigenvalue weighted by Gasteiger charge is -2.03. The summed E-state index contributed by atoms with van der Waals surface area (Å²) in [5.41, 5.74) is 2.35. The largest absolute Gasteiger partial charge is 0.299 e. The second-order valence-corrected chi connectivity index (χ2v) is 5.64. The zero-order chi connectivity index (χ0) is 13.7. The Morgan fingerprint density at radius 1 is 1.26 bits per heavy atom. The molecule has 3 nitrogen and oxygen atoms in total. The van der Waals surface area contributed by atoms with Crippen LogP contribution in [0.4, 0.5) is 0 Å². The molecule has 2 aromatic rings. The molecule has 0 N–H and O–H groups in total. The van der Waals surface area contributed by atoms with Crippen molar-refractivity contribution in [1.29, 1.82) is 0 Å². The van der Waals surface area contributed by atoms with Gasteiger partial charge in [-0.2, -0.15) is 5.10 Å². The summed E-state index contributed by atoms with van der Waals surface area (Å²) in [7, 11) is 1.90. The lowest BCUT2D eigenvalue weighted by Crippen LogP contribution is -2.06. The van der Waals surface area contributed by atoms with Crippen molar-refractivity contribution in [2.75, 3.05) is 5.75 Å². The van der Waals surface area contributed by atoms with Crippen LogP contribution in [0.2, 0.25) is 0 Å². The fourth-order valence-electron chi connectivity index (χ4n) is 1.78. The minimum absolute atomic E-state index is 0.284. The van der Waals surface area contributed by atoms with E-state index in [2.05, 4.69) is 36.3 Å². The van der Waals surface area contributed by atoms with E-state index in [-0.39, 0.29) is 5.78 Å². The molecule has 0 aliphatic heterocycles. The molecule has 0 radical (unpaired) electrons. The van der Waals surface area contributed by atoms with Crippen molar-refractivity contribution in [3.05, 3.63) is 47.8 Å². The topological polar surface area (TPSA) is 34.9 Å². The van der Waals surface area contributed by atoms with Crippen molar-refractivity contribution in [3.63, 3.8) is 0 Å². The Bertz CT molecular complexity index is 546. The summed E-state index contributed by atoms with van der Waals surface area (Å²) >= 11 is 1.61. The summed E-state index contributed by atoms with van der Waals surface area (Å²) in [5, 5.41) is 4.10. The van der Waals surface area contributed by atoms with Gasteiger partial charge in [0, 0.05) is 30.3 Å². The van der Waals surface area contributed by atoms with Gasteiger partial charge in [0.1, 0.15) is 5.78 Å². The minimum Gasteiger partial charge on any atom is -0.299 e. The molecule has 0 saturated carbocycles. The molecule has 100 valence electrons. The molecular formula is C15H18N2OS. The highest BCUT2D eigenvalue weighted by Crippen LogP contribution is 2.18. The molecule has 0 saturated heterocycles. The summed E-state index contributed by atoms with van der Waals surface area (Å²) in [4.78, 5) is 13.0. The van der Waals surface area contributed by atoms with E-state index in [1.54, 1.807) is 18.0 Å². The first-order valence-corrected chi connectivity index (χ1v) is 7.32. The zero-order valence-electron chi connectivity index (χ0n) is 11.3. The summed E-state index contributed by atoms with van der Waals surface area (Å²) in [6.07, 6.45) is 3.11. The number of ketones is 1. The molecule has 1 heterocycles. The minimum atomic E-state index is 0.284. The van der Waals surface area contributed by atoms with Gasteiger partial charge in [0.25, 0.3) is 0 Å². The summed E-state index contributed by atoms with van der Waals surface area (Å²) < 4.78 is 1.82. The maximum Gasteiger partial charge on any atom is 0.143 e. The Hall–Kier alpha value is -1.55. The third-order valence-electron chi connectivity index (χ3n) is 3.00. The Balaban J connectivity index is 1.76. The first-order chi connectivity index (χ1) is 9.15. The molecule has 19 heavy (non-hydrogen) atoms. The third kappa shape index (κ3) is 4.24. The average molecular weight is 274 g/mol. The number of benzene rings is 1. The molecule has 0 spiro atoms. The molecule has 1 aromatic carbocycles. The molecule has 0 unspecified atom stereocenters. The lowest BCUT2D eigenvalue weighted by molar-refractivity contribution is -0.116. The van der Waals surface area contributed by atoms with Crippen LogP contribution in [0.5, 0.6) is 0 Å². The number of thioether (sulfide) groups is 1. The number of Topliss-reactive ketones (excluding diaryl/α,β-unsaturated/α-hetero) is 1. The summed E-state index contributed by atoms with van der Waals surface area (Å²) in [6, 6.07) is 10.2. The van der Waals surface area contributed by atoms with E-state index in [1.807, 2.05) is 17.8 Å². The number of hydrogen-bond acceptors (Lipinski definition) is 3. The number of carbonyl (C=O) groups is 1. The number of carbonyl (C=O) groups excluding carboxylic acids is 1. The van der Waals surface area contributed by atoms with Crippen molar-refractivity contribution in [3.8, 4) is 0 Å². The van der Waals surface area contributed by atoms with Crippen LogP contribution in [0.3, 0.4) is 0 Å². The van der Waals surface area contributed by atoms with Gasteiger partial charge < -0.3 is 0 Å². The molecule has 0 aliphatic rings. The van der Waals surface area contributed by atoms with Gasteiger partial charge in [-0.05, 0) is 31.5 Å². The van der Waals surface area contributed by atoms with Crippen LogP contribution in [-0.2, 0) is 18.3 Å². The molecule has 0 atom stereocenters. The van der Waals surface area contributed by atoms with E-state index in [4.69, 9.17) is 0 Å². The van der Waals surface area contributed by atoms with E-state index in [9.17, 15) is 4.79 Å². The maximum absolute atomic E-state index is 11.8. The van der Waals surface area contributed by atoms with Crippen LogP contribution in [-0.4, -0.2) is 21.3 Å². The Morgan fingerprint density at radius 2 is 2.00 bits per heavy atom. The highest BCUT2D eigenvalue weighted by atomic mass is 32.2. The van der Waals surface area contributed by atoms with Gasteiger partial charge in [0.15, 0.2) is 0 Å². The second-order valence-electron chi connectivity index (χ2n) is 4.59. The van der Waals surface area contributed by atoms with E-state index in [1.165, 1.54) is 5.56 Å². The SMILES string of the molecule is Cc1ccc(SCC(=O)CCc2ccnn2C)cc1. The van der Waals surface area contributed by atoms with E-state index in [0.717, 1.165) is 17.0 Å². The number of aromatic nitrogens is 2. The van der Waals surface area contributed by atoms with Gasteiger partial charge in [0.2, 0.25) is 0 Å². The monoisotopic (exact) mass is 274 g/mol. The molecule has 1 aromatic heterocycles. The third-order valence-corrected chi connectivity index (χ3v) is 4.08. The summed E-state index contributed by atoms with van der Waals surface area (Å²) in [6.45, 7) is 2.06. The molecule has 0 fully saturated rings. The number of rotatable bonds is 6. The van der Waals surface area contributed by atoms with Crippen LogP contribution >= 0.6 is 11.8 Å².